The van der Waals surface area contributed by atoms with E-state index in [0.29, 0.717) is 17.1 Å². The van der Waals surface area contributed by atoms with Gasteiger partial charge in [0, 0.05) is 25.6 Å². The Bertz CT molecular complexity index is 777. The van der Waals surface area contributed by atoms with Crippen LogP contribution in [-0.4, -0.2) is 20.3 Å². The Morgan fingerprint density at radius 3 is 2.67 bits per heavy atom. The van der Waals surface area contributed by atoms with Crippen LogP contribution in [0.4, 0.5) is 10.1 Å². The summed E-state index contributed by atoms with van der Waals surface area (Å²) in [5.74, 6) is -0.660. The molecule has 1 amide bonds. The molecule has 0 spiro atoms. The molecule has 0 aliphatic heterocycles. The molecular weight excluding hydrogens is 271 g/mol. The van der Waals surface area contributed by atoms with Crippen LogP contribution < -0.4 is 5.32 Å². The molecule has 0 fully saturated rings. The summed E-state index contributed by atoms with van der Waals surface area (Å²) in [5, 5.41) is 6.74. The predicted octanol–water partition coefficient (Wildman–Crippen LogP) is 2.60. The van der Waals surface area contributed by atoms with Crippen LogP contribution in [0.3, 0.4) is 0 Å². The summed E-state index contributed by atoms with van der Waals surface area (Å²) in [6.45, 7) is 0. The number of anilines is 1. The van der Waals surface area contributed by atoms with E-state index >= 15 is 0 Å². The van der Waals surface area contributed by atoms with E-state index in [9.17, 15) is 9.18 Å². The number of aryl methyl sites for hydroxylation is 1. The zero-order valence-electron chi connectivity index (χ0n) is 11.3. The van der Waals surface area contributed by atoms with Gasteiger partial charge in [-0.05, 0) is 36.4 Å². The minimum absolute atomic E-state index is 0.296. The molecule has 0 aliphatic carbocycles. The van der Waals surface area contributed by atoms with Crippen molar-refractivity contribution in [2.45, 2.75) is 0 Å². The third kappa shape index (κ3) is 2.55. The van der Waals surface area contributed by atoms with Crippen LogP contribution >= 0.6 is 0 Å². The molecule has 1 N–H and O–H groups in total. The van der Waals surface area contributed by atoms with Crippen LogP contribution in [0.5, 0.6) is 0 Å². The second kappa shape index (κ2) is 5.24. The molecule has 0 radical (unpaired) electrons. The van der Waals surface area contributed by atoms with Gasteiger partial charge in [0.15, 0.2) is 0 Å². The first-order valence-electron chi connectivity index (χ1n) is 6.37. The molecule has 2 aromatic heterocycles. The number of aromatic nitrogens is 3. The number of amides is 1. The highest BCUT2D eigenvalue weighted by Gasteiger charge is 2.13. The largest absolute Gasteiger partial charge is 0.322 e. The molecule has 0 aliphatic rings. The van der Waals surface area contributed by atoms with Gasteiger partial charge in [-0.25, -0.2) is 4.39 Å². The molecular formula is C15H13FN4O. The Hall–Kier alpha value is -2.89. The maximum atomic E-state index is 13.5. The molecule has 2 heterocycles. The van der Waals surface area contributed by atoms with Gasteiger partial charge in [0.25, 0.3) is 5.91 Å². The maximum absolute atomic E-state index is 13.5. The van der Waals surface area contributed by atoms with Crippen LogP contribution in [0.2, 0.25) is 0 Å². The lowest BCUT2D eigenvalue weighted by molar-refractivity contribution is 0.101. The van der Waals surface area contributed by atoms with Crippen molar-refractivity contribution in [3.05, 3.63) is 66.5 Å². The van der Waals surface area contributed by atoms with E-state index in [4.69, 9.17) is 0 Å². The van der Waals surface area contributed by atoms with Crippen molar-refractivity contribution in [2.75, 3.05) is 5.32 Å². The van der Waals surface area contributed by atoms with Gasteiger partial charge in [-0.3, -0.25) is 9.48 Å². The van der Waals surface area contributed by atoms with Crippen molar-refractivity contribution >= 4 is 11.6 Å². The van der Waals surface area contributed by atoms with Crippen LogP contribution in [0, 0.1) is 5.82 Å². The zero-order chi connectivity index (χ0) is 14.8. The fourth-order valence-corrected chi connectivity index (χ4v) is 2.10. The average molecular weight is 284 g/mol. The monoisotopic (exact) mass is 284 g/mol. The summed E-state index contributed by atoms with van der Waals surface area (Å²) in [4.78, 5) is 12.2. The van der Waals surface area contributed by atoms with Crippen LogP contribution in [0.25, 0.3) is 5.69 Å². The SMILES string of the molecule is Cn1nccc1C(=O)Nc1ccc(F)cc1-n1cccc1. The number of halogens is 1. The molecule has 1 aromatic carbocycles. The van der Waals surface area contributed by atoms with Gasteiger partial charge in [-0.15, -0.1) is 0 Å². The van der Waals surface area contributed by atoms with E-state index in [0.717, 1.165) is 0 Å². The van der Waals surface area contributed by atoms with Gasteiger partial charge < -0.3 is 9.88 Å². The maximum Gasteiger partial charge on any atom is 0.273 e. The number of carbonyl (C=O) groups is 1. The molecule has 0 saturated heterocycles. The summed E-state index contributed by atoms with van der Waals surface area (Å²) >= 11 is 0. The minimum Gasteiger partial charge on any atom is -0.322 e. The van der Waals surface area contributed by atoms with Gasteiger partial charge in [0.05, 0.1) is 11.4 Å². The van der Waals surface area contributed by atoms with Crippen molar-refractivity contribution in [3.8, 4) is 5.69 Å². The fraction of sp³-hybridized carbons (Fsp3) is 0.0667. The number of hydrogen-bond donors (Lipinski definition) is 1. The van der Waals surface area contributed by atoms with Crippen LogP contribution in [-0.2, 0) is 7.05 Å². The van der Waals surface area contributed by atoms with Crippen LogP contribution in [0.1, 0.15) is 10.5 Å². The molecule has 5 nitrogen and oxygen atoms in total. The van der Waals surface area contributed by atoms with E-state index in [-0.39, 0.29) is 11.7 Å². The molecule has 0 atom stereocenters. The summed E-state index contributed by atoms with van der Waals surface area (Å²) in [5.41, 5.74) is 1.52. The lowest BCUT2D eigenvalue weighted by Crippen LogP contribution is -2.17. The van der Waals surface area contributed by atoms with Gasteiger partial charge in [-0.2, -0.15) is 5.10 Å². The predicted molar refractivity (Wildman–Crippen MR) is 76.9 cm³/mol. The van der Waals surface area contributed by atoms with Gasteiger partial charge >= 0.3 is 0 Å². The first-order chi connectivity index (χ1) is 10.1. The number of hydrogen-bond acceptors (Lipinski definition) is 2. The highest BCUT2D eigenvalue weighted by Crippen LogP contribution is 2.22. The van der Waals surface area contributed by atoms with Crippen molar-refractivity contribution < 1.29 is 9.18 Å². The number of carbonyl (C=O) groups excluding carboxylic acids is 1. The van der Waals surface area contributed by atoms with Crippen molar-refractivity contribution in [3.63, 3.8) is 0 Å². The smallest absolute Gasteiger partial charge is 0.273 e. The summed E-state index contributed by atoms with van der Waals surface area (Å²) < 4.78 is 16.7. The van der Waals surface area contributed by atoms with Gasteiger partial charge in [0.2, 0.25) is 0 Å². The standard InChI is InChI=1S/C15H13FN4O/c1-19-13(6-7-17-19)15(21)18-12-5-4-11(16)10-14(12)20-8-2-3-9-20/h2-10H,1H3,(H,18,21). The lowest BCUT2D eigenvalue weighted by atomic mass is 10.2. The third-order valence-corrected chi connectivity index (χ3v) is 3.14. The molecule has 0 saturated carbocycles. The topological polar surface area (TPSA) is 51.9 Å². The number of benzene rings is 1. The quantitative estimate of drug-likeness (QED) is 0.803. The molecule has 21 heavy (non-hydrogen) atoms. The second-order valence-electron chi connectivity index (χ2n) is 4.55. The Kier molecular flexibility index (Phi) is 3.27. The Morgan fingerprint density at radius 1 is 1.24 bits per heavy atom. The Morgan fingerprint density at radius 2 is 2.00 bits per heavy atom. The molecule has 0 bridgehead atoms. The first kappa shape index (κ1) is 13.1. The second-order valence-corrected chi connectivity index (χ2v) is 4.55. The van der Waals surface area contributed by atoms with E-state index in [1.165, 1.54) is 16.8 Å². The van der Waals surface area contributed by atoms with E-state index in [1.807, 2.05) is 12.1 Å². The highest BCUT2D eigenvalue weighted by atomic mass is 19.1. The highest BCUT2D eigenvalue weighted by molar-refractivity contribution is 6.04. The molecule has 3 aromatic rings. The van der Waals surface area contributed by atoms with Crippen molar-refractivity contribution in [1.82, 2.24) is 14.3 Å². The molecule has 3 rings (SSSR count). The zero-order valence-corrected chi connectivity index (χ0v) is 11.3. The summed E-state index contributed by atoms with van der Waals surface area (Å²) in [6.07, 6.45) is 5.12. The average Bonchev–Trinajstić information content (AvgIpc) is 3.11. The first-order valence-corrected chi connectivity index (χ1v) is 6.37. The summed E-state index contributed by atoms with van der Waals surface area (Å²) in [6, 6.07) is 9.51. The van der Waals surface area contributed by atoms with E-state index in [2.05, 4.69) is 10.4 Å². The van der Waals surface area contributed by atoms with Gasteiger partial charge in [0.1, 0.15) is 11.5 Å². The third-order valence-electron chi connectivity index (χ3n) is 3.14. The lowest BCUT2D eigenvalue weighted by Gasteiger charge is -2.12. The van der Waals surface area contributed by atoms with E-state index in [1.54, 1.807) is 42.3 Å². The molecule has 6 heteroatoms. The number of rotatable bonds is 3. The van der Waals surface area contributed by atoms with Crippen molar-refractivity contribution in [2.24, 2.45) is 7.05 Å². The van der Waals surface area contributed by atoms with Crippen molar-refractivity contribution in [1.29, 1.82) is 0 Å². The molecule has 0 unspecified atom stereocenters. The molecule has 106 valence electrons. The summed E-state index contributed by atoms with van der Waals surface area (Å²) in [7, 11) is 1.69. The fourth-order valence-electron chi connectivity index (χ4n) is 2.10. The Balaban J connectivity index is 1.96. The minimum atomic E-state index is -0.364. The number of nitrogens with zero attached hydrogens (tertiary/aromatic N) is 3. The number of nitrogens with one attached hydrogen (secondary N) is 1. The normalized spacial score (nSPS) is 10.6. The van der Waals surface area contributed by atoms with Crippen LogP contribution in [0.15, 0.2) is 55.0 Å². The van der Waals surface area contributed by atoms with Gasteiger partial charge in [-0.1, -0.05) is 0 Å². The Labute approximate surface area is 120 Å². The van der Waals surface area contributed by atoms with E-state index < -0.39 is 0 Å².